The molecule has 2 nitrogen and oxygen atoms in total. The minimum Gasteiger partial charge on any atom is -0.373 e. The molecule has 3 heteroatoms. The van der Waals surface area contributed by atoms with Crippen LogP contribution < -0.4 is 4.90 Å². The fraction of sp³-hybridized carbons (Fsp3) is 0.267. The van der Waals surface area contributed by atoms with E-state index in [4.69, 9.17) is 5.26 Å². The fourth-order valence-corrected chi connectivity index (χ4v) is 2.62. The molecule has 0 bridgehead atoms. The Morgan fingerprint density at radius 2 is 2.17 bits per heavy atom. The molecule has 0 aliphatic heterocycles. The maximum atomic E-state index is 9.17. The first-order valence-electron chi connectivity index (χ1n) is 5.95. The quantitative estimate of drug-likeness (QED) is 0.835. The van der Waals surface area contributed by atoms with E-state index in [1.807, 2.05) is 26.1 Å². The summed E-state index contributed by atoms with van der Waals surface area (Å²) in [5.74, 6) is 0. The molecule has 0 atom stereocenters. The molecular formula is C15H16N2S. The molecule has 0 saturated carbocycles. The highest BCUT2D eigenvalue weighted by Gasteiger charge is 2.07. The molecule has 0 aliphatic carbocycles. The summed E-state index contributed by atoms with van der Waals surface area (Å²) in [5.41, 5.74) is 2.89. The average Bonchev–Trinajstić information content (AvgIpc) is 2.88. The van der Waals surface area contributed by atoms with Crippen LogP contribution in [0.2, 0.25) is 0 Å². The summed E-state index contributed by atoms with van der Waals surface area (Å²) in [6, 6.07) is 12.5. The van der Waals surface area contributed by atoms with Crippen LogP contribution in [0.4, 0.5) is 5.69 Å². The van der Waals surface area contributed by atoms with Crippen molar-refractivity contribution in [3.63, 3.8) is 0 Å². The van der Waals surface area contributed by atoms with E-state index >= 15 is 0 Å². The van der Waals surface area contributed by atoms with Gasteiger partial charge in [-0.2, -0.15) is 5.26 Å². The topological polar surface area (TPSA) is 27.0 Å². The lowest BCUT2D eigenvalue weighted by atomic mass is 10.1. The van der Waals surface area contributed by atoms with Gasteiger partial charge < -0.3 is 4.90 Å². The Morgan fingerprint density at radius 3 is 2.83 bits per heavy atom. The first-order valence-corrected chi connectivity index (χ1v) is 6.83. The molecular weight excluding hydrogens is 240 g/mol. The van der Waals surface area contributed by atoms with Crippen LogP contribution in [0.1, 0.15) is 16.0 Å². The smallest absolute Gasteiger partial charge is 0.101 e. The van der Waals surface area contributed by atoms with Gasteiger partial charge in [-0.25, -0.2) is 0 Å². The van der Waals surface area contributed by atoms with E-state index in [0.29, 0.717) is 0 Å². The maximum Gasteiger partial charge on any atom is 0.101 e. The Balaban J connectivity index is 2.09. The second-order valence-electron chi connectivity index (χ2n) is 4.38. The summed E-state index contributed by atoms with van der Waals surface area (Å²) in [4.78, 5) is 3.53. The van der Waals surface area contributed by atoms with Crippen molar-refractivity contribution in [1.29, 1.82) is 5.26 Å². The molecule has 0 aliphatic rings. The molecule has 92 valence electrons. The van der Waals surface area contributed by atoms with E-state index in [1.165, 1.54) is 4.88 Å². The third-order valence-electron chi connectivity index (χ3n) is 2.96. The van der Waals surface area contributed by atoms with E-state index in [9.17, 15) is 0 Å². The van der Waals surface area contributed by atoms with E-state index in [-0.39, 0.29) is 0 Å². The van der Waals surface area contributed by atoms with Gasteiger partial charge in [0.1, 0.15) is 6.07 Å². The number of thiophene rings is 1. The fourth-order valence-electron chi connectivity index (χ4n) is 1.93. The van der Waals surface area contributed by atoms with Gasteiger partial charge in [0.2, 0.25) is 0 Å². The Morgan fingerprint density at radius 1 is 1.33 bits per heavy atom. The zero-order valence-electron chi connectivity index (χ0n) is 10.7. The van der Waals surface area contributed by atoms with Crippen molar-refractivity contribution in [2.45, 2.75) is 13.3 Å². The van der Waals surface area contributed by atoms with Crippen molar-refractivity contribution >= 4 is 17.0 Å². The van der Waals surface area contributed by atoms with Crippen molar-refractivity contribution < 1.29 is 0 Å². The van der Waals surface area contributed by atoms with Crippen molar-refractivity contribution in [1.82, 2.24) is 0 Å². The first kappa shape index (κ1) is 12.7. The van der Waals surface area contributed by atoms with Gasteiger partial charge in [-0.05, 0) is 42.5 Å². The van der Waals surface area contributed by atoms with Crippen molar-refractivity contribution in [2.24, 2.45) is 0 Å². The van der Waals surface area contributed by atoms with Gasteiger partial charge in [0.05, 0.1) is 11.3 Å². The highest BCUT2D eigenvalue weighted by Crippen LogP contribution is 2.21. The summed E-state index contributed by atoms with van der Waals surface area (Å²) in [6.45, 7) is 2.94. The monoisotopic (exact) mass is 256 g/mol. The Kier molecular flexibility index (Phi) is 4.01. The van der Waals surface area contributed by atoms with Crippen LogP contribution in [-0.2, 0) is 6.42 Å². The van der Waals surface area contributed by atoms with Gasteiger partial charge in [0, 0.05) is 18.5 Å². The molecule has 0 amide bonds. The number of benzene rings is 1. The van der Waals surface area contributed by atoms with Crippen molar-refractivity contribution in [2.75, 3.05) is 18.5 Å². The number of nitrogens with zero attached hydrogens (tertiary/aromatic N) is 2. The average molecular weight is 256 g/mol. The minimum atomic E-state index is 0.753. The standard InChI is InChI=1S/C15H16N2S/c1-12-5-6-15(13(10-12)11-16)17(2)8-7-14-4-3-9-18-14/h3-6,9-10H,7-8H2,1-2H3. The lowest BCUT2D eigenvalue weighted by molar-refractivity contribution is 0.885. The van der Waals surface area contributed by atoms with Crippen molar-refractivity contribution in [3.8, 4) is 6.07 Å². The van der Waals surface area contributed by atoms with Crippen LogP contribution in [-0.4, -0.2) is 13.6 Å². The number of likely N-dealkylation sites (N-methyl/N-ethyl adjacent to an activating group) is 1. The van der Waals surface area contributed by atoms with Gasteiger partial charge >= 0.3 is 0 Å². The van der Waals surface area contributed by atoms with Gasteiger partial charge in [0.25, 0.3) is 0 Å². The van der Waals surface area contributed by atoms with Gasteiger partial charge in [-0.15, -0.1) is 11.3 Å². The molecule has 1 aromatic carbocycles. The highest BCUT2D eigenvalue weighted by molar-refractivity contribution is 7.09. The minimum absolute atomic E-state index is 0.753. The van der Waals surface area contributed by atoms with Gasteiger partial charge in [-0.3, -0.25) is 0 Å². The van der Waals surface area contributed by atoms with E-state index in [1.54, 1.807) is 11.3 Å². The lowest BCUT2D eigenvalue weighted by Crippen LogP contribution is -2.21. The number of aryl methyl sites for hydroxylation is 1. The number of anilines is 1. The number of hydrogen-bond acceptors (Lipinski definition) is 3. The number of rotatable bonds is 4. The molecule has 0 saturated heterocycles. The molecule has 1 heterocycles. The van der Waals surface area contributed by atoms with Crippen molar-refractivity contribution in [3.05, 3.63) is 51.7 Å². The predicted octanol–water partition coefficient (Wildman–Crippen LogP) is 3.61. The third kappa shape index (κ3) is 2.91. The van der Waals surface area contributed by atoms with Gasteiger partial charge in [-0.1, -0.05) is 12.1 Å². The number of nitriles is 1. The molecule has 0 N–H and O–H groups in total. The summed E-state index contributed by atoms with van der Waals surface area (Å²) >= 11 is 1.78. The molecule has 0 spiro atoms. The Bertz CT molecular complexity index is 552. The molecule has 0 radical (unpaired) electrons. The van der Waals surface area contributed by atoms with Gasteiger partial charge in [0.15, 0.2) is 0 Å². The van der Waals surface area contributed by atoms with Crippen LogP contribution in [0.5, 0.6) is 0 Å². The Hall–Kier alpha value is -1.79. The highest BCUT2D eigenvalue weighted by atomic mass is 32.1. The van der Waals surface area contributed by atoms with Crippen LogP contribution in [0.25, 0.3) is 0 Å². The molecule has 1 aromatic heterocycles. The summed E-state index contributed by atoms with van der Waals surface area (Å²) < 4.78 is 0. The largest absolute Gasteiger partial charge is 0.373 e. The summed E-state index contributed by atoms with van der Waals surface area (Å²) in [7, 11) is 2.04. The number of hydrogen-bond donors (Lipinski definition) is 0. The molecule has 0 unspecified atom stereocenters. The lowest BCUT2D eigenvalue weighted by Gasteiger charge is -2.20. The summed E-state index contributed by atoms with van der Waals surface area (Å²) in [6.07, 6.45) is 1.02. The molecule has 0 fully saturated rings. The first-order chi connectivity index (χ1) is 8.70. The predicted molar refractivity (Wildman–Crippen MR) is 77.2 cm³/mol. The van der Waals surface area contributed by atoms with E-state index < -0.39 is 0 Å². The SMILES string of the molecule is Cc1ccc(N(C)CCc2cccs2)c(C#N)c1. The molecule has 18 heavy (non-hydrogen) atoms. The maximum absolute atomic E-state index is 9.17. The van der Waals surface area contributed by atoms with Crippen LogP contribution in [0.3, 0.4) is 0 Å². The normalized spacial score (nSPS) is 10.1. The third-order valence-corrected chi connectivity index (χ3v) is 3.89. The van der Waals surface area contributed by atoms with E-state index in [0.717, 1.165) is 29.8 Å². The van der Waals surface area contributed by atoms with Crippen LogP contribution in [0, 0.1) is 18.3 Å². The zero-order chi connectivity index (χ0) is 13.0. The van der Waals surface area contributed by atoms with Crippen LogP contribution >= 0.6 is 11.3 Å². The van der Waals surface area contributed by atoms with E-state index in [2.05, 4.69) is 34.5 Å². The van der Waals surface area contributed by atoms with Crippen LogP contribution in [0.15, 0.2) is 35.7 Å². The molecule has 2 aromatic rings. The zero-order valence-corrected chi connectivity index (χ0v) is 11.5. The molecule has 2 rings (SSSR count). The summed E-state index contributed by atoms with van der Waals surface area (Å²) in [5, 5.41) is 11.3. The second kappa shape index (κ2) is 5.70. The second-order valence-corrected chi connectivity index (χ2v) is 5.42. The Labute approximate surface area is 112 Å².